The fourth-order valence-electron chi connectivity index (χ4n) is 2.39. The third-order valence-electron chi connectivity index (χ3n) is 3.76. The van der Waals surface area contributed by atoms with Crippen LogP contribution < -0.4 is 10.0 Å². The van der Waals surface area contributed by atoms with Crippen molar-refractivity contribution in [2.45, 2.75) is 44.4 Å². The lowest BCUT2D eigenvalue weighted by atomic mass is 10.0. The summed E-state index contributed by atoms with van der Waals surface area (Å²) in [4.78, 5) is 0. The molecule has 7 nitrogen and oxygen atoms in total. The maximum atomic E-state index is 12.4. The Labute approximate surface area is 125 Å². The van der Waals surface area contributed by atoms with Crippen molar-refractivity contribution >= 4 is 10.0 Å². The summed E-state index contributed by atoms with van der Waals surface area (Å²) in [6, 6.07) is 0. The van der Waals surface area contributed by atoms with E-state index in [9.17, 15) is 8.42 Å². The highest BCUT2D eigenvalue weighted by Crippen LogP contribution is 2.20. The summed E-state index contributed by atoms with van der Waals surface area (Å²) in [5.74, 6) is 0.226. The molecule has 8 heteroatoms. The van der Waals surface area contributed by atoms with Gasteiger partial charge in [0, 0.05) is 31.2 Å². The van der Waals surface area contributed by atoms with Crippen molar-refractivity contribution in [3.63, 3.8) is 0 Å². The first-order valence-electron chi connectivity index (χ1n) is 7.38. The molecule has 120 valence electrons. The molecule has 0 amide bonds. The number of nitrogens with one attached hydrogen (secondary N) is 3. The lowest BCUT2D eigenvalue weighted by Gasteiger charge is -2.15. The summed E-state index contributed by atoms with van der Waals surface area (Å²) in [6.07, 6.45) is 3.54. The van der Waals surface area contributed by atoms with E-state index >= 15 is 0 Å². The van der Waals surface area contributed by atoms with E-state index in [2.05, 4.69) is 27.2 Å². The average molecular weight is 316 g/mol. The van der Waals surface area contributed by atoms with Crippen LogP contribution in [-0.2, 0) is 21.3 Å². The van der Waals surface area contributed by atoms with Gasteiger partial charge < -0.3 is 10.1 Å². The van der Waals surface area contributed by atoms with Crippen LogP contribution in [0.1, 0.15) is 32.3 Å². The van der Waals surface area contributed by atoms with E-state index in [0.717, 1.165) is 19.4 Å². The first-order valence-corrected chi connectivity index (χ1v) is 8.87. The molecule has 0 bridgehead atoms. The number of sulfonamides is 1. The van der Waals surface area contributed by atoms with Crippen LogP contribution in [0.4, 0.5) is 0 Å². The third kappa shape index (κ3) is 4.26. The van der Waals surface area contributed by atoms with Gasteiger partial charge in [-0.25, -0.2) is 13.1 Å². The topological polar surface area (TPSA) is 96.1 Å². The molecule has 1 fully saturated rings. The molecule has 1 aliphatic rings. The summed E-state index contributed by atoms with van der Waals surface area (Å²) in [6.45, 7) is 6.46. The summed E-state index contributed by atoms with van der Waals surface area (Å²) in [5.41, 5.74) is 0.659. The van der Waals surface area contributed by atoms with Gasteiger partial charge in [0.25, 0.3) is 10.0 Å². The second kappa shape index (κ2) is 7.35. The molecule has 2 unspecified atom stereocenters. The summed E-state index contributed by atoms with van der Waals surface area (Å²) >= 11 is 0. The van der Waals surface area contributed by atoms with Crippen molar-refractivity contribution in [3.05, 3.63) is 11.8 Å². The predicted molar refractivity (Wildman–Crippen MR) is 79.3 cm³/mol. The molecule has 1 aromatic heterocycles. The van der Waals surface area contributed by atoms with E-state index in [0.29, 0.717) is 25.3 Å². The largest absolute Gasteiger partial charge is 0.378 e. The van der Waals surface area contributed by atoms with Crippen LogP contribution in [-0.4, -0.2) is 44.4 Å². The number of aromatic amines is 1. The Hall–Kier alpha value is -0.960. The molecule has 2 atom stereocenters. The van der Waals surface area contributed by atoms with E-state index in [1.807, 2.05) is 6.92 Å². The van der Waals surface area contributed by atoms with Gasteiger partial charge in [0.05, 0.1) is 12.3 Å². The third-order valence-corrected chi connectivity index (χ3v) is 5.20. The van der Waals surface area contributed by atoms with E-state index in [-0.39, 0.29) is 17.0 Å². The molecular formula is C13H24N4O3S. The fraction of sp³-hybridized carbons (Fsp3) is 0.769. The zero-order valence-electron chi connectivity index (χ0n) is 12.6. The van der Waals surface area contributed by atoms with Crippen molar-refractivity contribution in [3.8, 4) is 0 Å². The molecule has 0 spiro atoms. The highest BCUT2D eigenvalue weighted by molar-refractivity contribution is 7.89. The molecular weight excluding hydrogens is 292 g/mol. The second-order valence-corrected chi connectivity index (χ2v) is 7.08. The number of H-pyrrole nitrogens is 1. The van der Waals surface area contributed by atoms with Gasteiger partial charge in [-0.1, -0.05) is 6.92 Å². The minimum absolute atomic E-state index is 0.0974. The van der Waals surface area contributed by atoms with E-state index < -0.39 is 10.0 Å². The average Bonchev–Trinajstić information content (AvgIpc) is 3.06. The lowest BCUT2D eigenvalue weighted by Crippen LogP contribution is -2.33. The molecule has 1 aliphatic heterocycles. The maximum absolute atomic E-state index is 12.4. The van der Waals surface area contributed by atoms with Crippen molar-refractivity contribution in [2.75, 3.05) is 19.7 Å². The van der Waals surface area contributed by atoms with E-state index in [4.69, 9.17) is 4.74 Å². The van der Waals surface area contributed by atoms with E-state index in [1.165, 1.54) is 0 Å². The molecule has 3 N–H and O–H groups in total. The van der Waals surface area contributed by atoms with Gasteiger partial charge in [0.2, 0.25) is 0 Å². The highest BCUT2D eigenvalue weighted by atomic mass is 32.2. The zero-order valence-corrected chi connectivity index (χ0v) is 13.4. The van der Waals surface area contributed by atoms with Gasteiger partial charge in [-0.15, -0.1) is 0 Å². The number of hydrogen-bond acceptors (Lipinski definition) is 5. The molecule has 21 heavy (non-hydrogen) atoms. The highest BCUT2D eigenvalue weighted by Gasteiger charge is 2.27. The quantitative estimate of drug-likeness (QED) is 0.611. The number of hydrogen-bond donors (Lipinski definition) is 3. The van der Waals surface area contributed by atoms with Crippen LogP contribution in [0.15, 0.2) is 11.2 Å². The normalized spacial score (nSPS) is 22.8. The SMILES string of the molecule is CCCNCc1cn[nH]c1S(=O)(=O)NCC1CCOC1C. The van der Waals surface area contributed by atoms with Gasteiger partial charge in [-0.3, -0.25) is 5.10 Å². The predicted octanol–water partition coefficient (Wildman–Crippen LogP) is 0.613. The van der Waals surface area contributed by atoms with Crippen molar-refractivity contribution in [2.24, 2.45) is 5.92 Å². The van der Waals surface area contributed by atoms with Crippen molar-refractivity contribution in [1.82, 2.24) is 20.2 Å². The molecule has 0 saturated carbocycles. The monoisotopic (exact) mass is 316 g/mol. The Morgan fingerprint density at radius 1 is 1.52 bits per heavy atom. The molecule has 0 aliphatic carbocycles. The van der Waals surface area contributed by atoms with Crippen molar-refractivity contribution < 1.29 is 13.2 Å². The Bertz CT molecular complexity index is 543. The number of ether oxygens (including phenoxy) is 1. The minimum Gasteiger partial charge on any atom is -0.378 e. The van der Waals surface area contributed by atoms with Crippen LogP contribution in [0.2, 0.25) is 0 Å². The lowest BCUT2D eigenvalue weighted by molar-refractivity contribution is 0.107. The number of nitrogens with zero attached hydrogens (tertiary/aromatic N) is 1. The van der Waals surface area contributed by atoms with Gasteiger partial charge in [-0.2, -0.15) is 5.10 Å². The summed E-state index contributed by atoms with van der Waals surface area (Å²) in [5, 5.41) is 9.77. The van der Waals surface area contributed by atoms with Crippen LogP contribution in [0.25, 0.3) is 0 Å². The Balaban J connectivity index is 1.97. The van der Waals surface area contributed by atoms with Crippen molar-refractivity contribution in [1.29, 1.82) is 0 Å². The summed E-state index contributed by atoms with van der Waals surface area (Å²) < 4.78 is 32.8. The number of rotatable bonds is 8. The van der Waals surface area contributed by atoms with E-state index in [1.54, 1.807) is 6.20 Å². The number of aromatic nitrogens is 2. The standard InChI is InChI=1S/C13H24N4O3S/c1-3-5-14-7-12-8-15-17-13(12)21(18,19)16-9-11-4-6-20-10(11)2/h8,10-11,14,16H,3-7,9H2,1-2H3,(H,15,17). The molecule has 0 aromatic carbocycles. The van der Waals surface area contributed by atoms with Gasteiger partial charge in [0.15, 0.2) is 5.03 Å². The Morgan fingerprint density at radius 3 is 3.00 bits per heavy atom. The van der Waals surface area contributed by atoms with Crippen LogP contribution in [0.3, 0.4) is 0 Å². The molecule has 2 rings (SSSR count). The molecule has 2 heterocycles. The summed E-state index contributed by atoms with van der Waals surface area (Å²) in [7, 11) is -3.56. The molecule has 0 radical (unpaired) electrons. The fourth-order valence-corrected chi connectivity index (χ4v) is 3.61. The minimum atomic E-state index is -3.56. The van der Waals surface area contributed by atoms with Gasteiger partial charge in [-0.05, 0) is 26.3 Å². The smallest absolute Gasteiger partial charge is 0.257 e. The Kier molecular flexibility index (Phi) is 5.74. The van der Waals surface area contributed by atoms with Crippen LogP contribution in [0.5, 0.6) is 0 Å². The first-order chi connectivity index (χ1) is 10.0. The Morgan fingerprint density at radius 2 is 2.33 bits per heavy atom. The van der Waals surface area contributed by atoms with Crippen LogP contribution in [0, 0.1) is 5.92 Å². The van der Waals surface area contributed by atoms with Gasteiger partial charge >= 0.3 is 0 Å². The van der Waals surface area contributed by atoms with Crippen LogP contribution >= 0.6 is 0 Å². The second-order valence-electron chi connectivity index (χ2n) is 5.38. The molecule has 1 aromatic rings. The zero-order chi connectivity index (χ0) is 15.3. The first kappa shape index (κ1) is 16.4. The van der Waals surface area contributed by atoms with Gasteiger partial charge in [0.1, 0.15) is 0 Å². The maximum Gasteiger partial charge on any atom is 0.257 e. The molecule has 1 saturated heterocycles.